The van der Waals surface area contributed by atoms with E-state index in [9.17, 15) is 4.39 Å². The normalized spacial score (nSPS) is 13.8. The average Bonchev–Trinajstić information content (AvgIpc) is 2.20. The number of aliphatic imine (C=N–C) groups is 2. The Morgan fingerprint density at radius 1 is 1.40 bits per heavy atom. The molecule has 4 heteroatoms. The fourth-order valence-corrected chi connectivity index (χ4v) is 1.08. The number of nitrogens with zero attached hydrogens (tertiary/aromatic N) is 2. The van der Waals surface area contributed by atoms with Gasteiger partial charge in [0.15, 0.2) is 6.30 Å². The molecule has 0 N–H and O–H groups in total. The van der Waals surface area contributed by atoms with Gasteiger partial charge in [-0.3, -0.25) is 0 Å². The second-order valence-electron chi connectivity index (χ2n) is 3.00. The van der Waals surface area contributed by atoms with E-state index in [0.717, 1.165) is 5.56 Å². The molecule has 0 bridgehead atoms. The Morgan fingerprint density at radius 3 is 2.67 bits per heavy atom. The third kappa shape index (κ3) is 5.27. The van der Waals surface area contributed by atoms with Gasteiger partial charge < -0.3 is 0 Å². The number of hydrogen-bond donors (Lipinski definition) is 0. The van der Waals surface area contributed by atoms with Crippen molar-refractivity contribution in [1.82, 2.24) is 0 Å². The van der Waals surface area contributed by atoms with E-state index >= 15 is 0 Å². The molecule has 1 rings (SSSR count). The molecule has 15 heavy (non-hydrogen) atoms. The average molecular weight is 227 g/mol. The summed E-state index contributed by atoms with van der Waals surface area (Å²) in [7, 11) is 0. The molecule has 80 valence electrons. The second-order valence-corrected chi connectivity index (χ2v) is 3.44. The molecule has 0 saturated carbocycles. The number of halogens is 2. The summed E-state index contributed by atoms with van der Waals surface area (Å²) in [5.41, 5.74) is 1.10. The topological polar surface area (TPSA) is 24.7 Å². The van der Waals surface area contributed by atoms with Crippen LogP contribution in [0.2, 0.25) is 5.02 Å². The highest BCUT2D eigenvalue weighted by atomic mass is 35.5. The number of alkyl halides is 1. The van der Waals surface area contributed by atoms with E-state index in [0.29, 0.717) is 11.4 Å². The fraction of sp³-hybridized carbons (Fsp3) is 0.273. The molecule has 0 spiro atoms. The van der Waals surface area contributed by atoms with Crippen LogP contribution >= 0.6 is 11.6 Å². The van der Waals surface area contributed by atoms with Gasteiger partial charge in [-0.2, -0.15) is 0 Å². The molecule has 0 fully saturated rings. The van der Waals surface area contributed by atoms with Crippen LogP contribution in [-0.2, 0) is 6.42 Å². The van der Waals surface area contributed by atoms with Gasteiger partial charge in [-0.05, 0) is 24.6 Å². The van der Waals surface area contributed by atoms with Gasteiger partial charge >= 0.3 is 0 Å². The number of benzene rings is 1. The van der Waals surface area contributed by atoms with Gasteiger partial charge in [-0.15, -0.1) is 0 Å². The maximum Gasteiger partial charge on any atom is 0.188 e. The van der Waals surface area contributed by atoms with E-state index in [-0.39, 0.29) is 0 Å². The maximum absolute atomic E-state index is 12.2. The summed E-state index contributed by atoms with van der Waals surface area (Å²) < 4.78 is 12.2. The molecule has 0 aliphatic heterocycles. The van der Waals surface area contributed by atoms with E-state index in [1.165, 1.54) is 13.3 Å². The molecule has 0 heterocycles. The monoisotopic (exact) mass is 226 g/mol. The third-order valence-corrected chi connectivity index (χ3v) is 1.94. The van der Waals surface area contributed by atoms with Gasteiger partial charge in [0.05, 0.1) is 0 Å². The first-order chi connectivity index (χ1) is 7.18. The lowest BCUT2D eigenvalue weighted by molar-refractivity contribution is 0.377. The summed E-state index contributed by atoms with van der Waals surface area (Å²) in [4.78, 5) is 7.30. The van der Waals surface area contributed by atoms with Crippen LogP contribution in [0.5, 0.6) is 0 Å². The van der Waals surface area contributed by atoms with Crippen LogP contribution in [0.4, 0.5) is 4.39 Å². The van der Waals surface area contributed by atoms with E-state index in [4.69, 9.17) is 11.6 Å². The van der Waals surface area contributed by atoms with Crippen molar-refractivity contribution in [2.45, 2.75) is 19.6 Å². The summed E-state index contributed by atoms with van der Waals surface area (Å²) in [6.45, 7) is 1.35. The predicted molar refractivity (Wildman–Crippen MR) is 62.7 cm³/mol. The molecule has 0 amide bonds. The van der Waals surface area contributed by atoms with Gasteiger partial charge in [0.25, 0.3) is 0 Å². The first kappa shape index (κ1) is 11.9. The molecule has 1 atom stereocenters. The Balaban J connectivity index is 2.40. The Morgan fingerprint density at radius 2 is 2.07 bits per heavy atom. The quantitative estimate of drug-likeness (QED) is 0.428. The van der Waals surface area contributed by atoms with Gasteiger partial charge in [-0.1, -0.05) is 23.7 Å². The zero-order valence-corrected chi connectivity index (χ0v) is 9.15. The fourth-order valence-electron chi connectivity index (χ4n) is 0.956. The van der Waals surface area contributed by atoms with Crippen LogP contribution in [0.3, 0.4) is 0 Å². The number of rotatable bonds is 4. The Bertz CT molecular complexity index is 344. The molecule has 1 unspecified atom stereocenters. The van der Waals surface area contributed by atoms with Crippen LogP contribution in [0.15, 0.2) is 34.3 Å². The summed E-state index contributed by atoms with van der Waals surface area (Å²) in [5, 5.41) is 0.712. The summed E-state index contributed by atoms with van der Waals surface area (Å²) in [6, 6.07) is 7.48. The van der Waals surface area contributed by atoms with Crippen LogP contribution in [0.1, 0.15) is 12.5 Å². The third-order valence-electron chi connectivity index (χ3n) is 1.68. The largest absolute Gasteiger partial charge is 0.249 e. The van der Waals surface area contributed by atoms with Crippen molar-refractivity contribution in [3.8, 4) is 0 Å². The lowest BCUT2D eigenvalue weighted by Crippen LogP contribution is -1.88. The van der Waals surface area contributed by atoms with Crippen LogP contribution < -0.4 is 0 Å². The summed E-state index contributed by atoms with van der Waals surface area (Å²) >= 11 is 5.73. The molecule has 0 aromatic heterocycles. The first-order valence-corrected chi connectivity index (χ1v) is 4.98. The highest BCUT2D eigenvalue weighted by Gasteiger charge is 1.90. The van der Waals surface area contributed by atoms with Gasteiger partial charge in [0.2, 0.25) is 0 Å². The zero-order chi connectivity index (χ0) is 11.1. The summed E-state index contributed by atoms with van der Waals surface area (Å²) in [5.74, 6) is 0. The molecule has 1 aromatic rings. The molecule has 1 aromatic carbocycles. The lowest BCUT2D eigenvalue weighted by atomic mass is 10.2. The van der Waals surface area contributed by atoms with Crippen molar-refractivity contribution in [3.05, 3.63) is 34.9 Å². The van der Waals surface area contributed by atoms with Crippen LogP contribution in [0.25, 0.3) is 0 Å². The van der Waals surface area contributed by atoms with Crippen LogP contribution in [-0.4, -0.2) is 18.8 Å². The molecule has 0 saturated heterocycles. The predicted octanol–water partition coefficient (Wildman–Crippen LogP) is 3.30. The van der Waals surface area contributed by atoms with Gasteiger partial charge in [0, 0.05) is 17.7 Å². The molecular weight excluding hydrogens is 215 g/mol. The minimum atomic E-state index is -1.20. The first-order valence-electron chi connectivity index (χ1n) is 4.60. The van der Waals surface area contributed by atoms with Crippen molar-refractivity contribution >= 4 is 24.2 Å². The molecule has 2 nitrogen and oxygen atoms in total. The van der Waals surface area contributed by atoms with E-state index < -0.39 is 6.30 Å². The van der Waals surface area contributed by atoms with E-state index in [1.807, 2.05) is 24.3 Å². The van der Waals surface area contributed by atoms with Crippen LogP contribution in [0, 0.1) is 0 Å². The second kappa shape index (κ2) is 6.30. The summed E-state index contributed by atoms with van der Waals surface area (Å²) in [6.07, 6.45) is 2.39. The maximum atomic E-state index is 12.2. The van der Waals surface area contributed by atoms with Crippen molar-refractivity contribution in [2.75, 3.05) is 0 Å². The lowest BCUT2D eigenvalue weighted by Gasteiger charge is -1.94. The highest BCUT2D eigenvalue weighted by Crippen LogP contribution is 2.09. The highest BCUT2D eigenvalue weighted by molar-refractivity contribution is 6.30. The SMILES string of the molecule is CC(F)N=CN=CCc1ccc(Cl)cc1. The van der Waals surface area contributed by atoms with Crippen molar-refractivity contribution in [2.24, 2.45) is 9.98 Å². The Kier molecular flexibility index (Phi) is 4.98. The smallest absolute Gasteiger partial charge is 0.188 e. The Labute approximate surface area is 93.5 Å². The molecule has 0 aliphatic carbocycles. The standard InChI is InChI=1S/C11H12ClFN2/c1-9(13)15-8-14-7-6-10-2-4-11(12)5-3-10/h2-5,7-9H,6H2,1H3. The molecule has 0 aliphatic rings. The van der Waals surface area contributed by atoms with E-state index in [2.05, 4.69) is 9.98 Å². The molecule has 0 radical (unpaired) electrons. The minimum absolute atomic E-state index is 0.684. The van der Waals surface area contributed by atoms with Crippen molar-refractivity contribution in [1.29, 1.82) is 0 Å². The van der Waals surface area contributed by atoms with Crippen molar-refractivity contribution < 1.29 is 4.39 Å². The Hall–Kier alpha value is -1.22. The minimum Gasteiger partial charge on any atom is -0.249 e. The van der Waals surface area contributed by atoms with Crippen molar-refractivity contribution in [3.63, 3.8) is 0 Å². The van der Waals surface area contributed by atoms with Gasteiger partial charge in [0.1, 0.15) is 6.34 Å². The van der Waals surface area contributed by atoms with E-state index in [1.54, 1.807) is 6.21 Å². The zero-order valence-electron chi connectivity index (χ0n) is 8.40. The number of hydrogen-bond acceptors (Lipinski definition) is 1. The molecular formula is C11H12ClFN2. The van der Waals surface area contributed by atoms with Gasteiger partial charge in [-0.25, -0.2) is 14.4 Å².